The molecule has 3 aromatic rings. The van der Waals surface area contributed by atoms with Crippen LogP contribution in [0.1, 0.15) is 46.5 Å². The number of aromatic carboxylic acids is 1. The van der Waals surface area contributed by atoms with Crippen molar-refractivity contribution in [1.29, 1.82) is 0 Å². The van der Waals surface area contributed by atoms with E-state index in [0.717, 1.165) is 31.7 Å². The molecular formula is C20H22FN7O3. The maximum Gasteiger partial charge on any atom is 0.352 e. The van der Waals surface area contributed by atoms with Crippen LogP contribution in [0.15, 0.2) is 24.4 Å². The van der Waals surface area contributed by atoms with Crippen LogP contribution in [0.2, 0.25) is 0 Å². The van der Waals surface area contributed by atoms with E-state index in [4.69, 9.17) is 11.5 Å². The Morgan fingerprint density at radius 3 is 2.71 bits per heavy atom. The Bertz CT molecular complexity index is 1160. The molecule has 4 rings (SSSR count). The SMILES string of the molecule is NC(=O)c1cc(F)c(NC2CCCC[C@@H]2N)nc1Nc1ccnc2[nH]c(C(=O)O)cc12. The summed E-state index contributed by atoms with van der Waals surface area (Å²) in [5.74, 6) is -2.73. The number of H-pyrrole nitrogens is 1. The third-order valence-corrected chi connectivity index (χ3v) is 5.40. The maximum absolute atomic E-state index is 14.7. The Morgan fingerprint density at radius 1 is 1.23 bits per heavy atom. The standard InChI is InChI=1S/C20H22FN7O3/c21-11-7-10(16(23)29)18(28-19(11)26-14-4-2-1-3-12(14)22)25-13-5-6-24-17-9(13)8-15(27-17)20(30)31/h5-8,12,14H,1-4,22H2,(H2,23,29)(H,30,31)(H3,24,25,26,27,28)/t12-,14?/m0/s1. The number of rotatable bonds is 6. The van der Waals surface area contributed by atoms with Crippen LogP contribution in [0.4, 0.5) is 21.7 Å². The molecule has 0 aromatic carbocycles. The van der Waals surface area contributed by atoms with Gasteiger partial charge in [0.2, 0.25) is 0 Å². The summed E-state index contributed by atoms with van der Waals surface area (Å²) >= 11 is 0. The lowest BCUT2D eigenvalue weighted by molar-refractivity contribution is 0.0691. The normalized spacial score (nSPS) is 18.6. The highest BCUT2D eigenvalue weighted by molar-refractivity contribution is 6.02. The van der Waals surface area contributed by atoms with Crippen LogP contribution in [-0.2, 0) is 0 Å². The first-order valence-corrected chi connectivity index (χ1v) is 9.84. The third kappa shape index (κ3) is 4.12. The Labute approximate surface area is 176 Å². The zero-order valence-corrected chi connectivity index (χ0v) is 16.5. The maximum atomic E-state index is 14.7. The molecule has 0 bridgehead atoms. The first-order chi connectivity index (χ1) is 14.8. The molecule has 1 amide bonds. The quantitative estimate of drug-likeness (QED) is 0.348. The number of pyridine rings is 2. The number of carboxylic acids is 1. The molecule has 1 fully saturated rings. The first-order valence-electron chi connectivity index (χ1n) is 9.84. The smallest absolute Gasteiger partial charge is 0.352 e. The zero-order chi connectivity index (χ0) is 22.1. The summed E-state index contributed by atoms with van der Waals surface area (Å²) in [4.78, 5) is 34.2. The predicted molar refractivity (Wildman–Crippen MR) is 113 cm³/mol. The summed E-state index contributed by atoms with van der Waals surface area (Å²) in [6.07, 6.45) is 5.08. The van der Waals surface area contributed by atoms with Gasteiger partial charge in [-0.25, -0.2) is 19.2 Å². The van der Waals surface area contributed by atoms with E-state index in [1.165, 1.54) is 12.3 Å². The highest BCUT2D eigenvalue weighted by atomic mass is 19.1. The van der Waals surface area contributed by atoms with Gasteiger partial charge in [-0.3, -0.25) is 4.79 Å². The second kappa shape index (κ2) is 8.19. The van der Waals surface area contributed by atoms with Crippen LogP contribution in [-0.4, -0.2) is 44.0 Å². The minimum Gasteiger partial charge on any atom is -0.477 e. The van der Waals surface area contributed by atoms with Crippen molar-refractivity contribution in [3.63, 3.8) is 0 Å². The average Bonchev–Trinajstić information content (AvgIpc) is 3.17. The molecule has 3 aromatic heterocycles. The number of hydrogen-bond donors (Lipinski definition) is 6. The van der Waals surface area contributed by atoms with Crippen LogP contribution in [0.5, 0.6) is 0 Å². The molecule has 10 nitrogen and oxygen atoms in total. The van der Waals surface area contributed by atoms with E-state index in [1.807, 2.05) is 0 Å². The van der Waals surface area contributed by atoms with Crippen molar-refractivity contribution < 1.29 is 19.1 Å². The summed E-state index contributed by atoms with van der Waals surface area (Å²) in [6, 6.07) is 3.74. The fourth-order valence-corrected chi connectivity index (χ4v) is 3.77. The van der Waals surface area contributed by atoms with Gasteiger partial charge in [0, 0.05) is 23.7 Å². The van der Waals surface area contributed by atoms with E-state index < -0.39 is 17.7 Å². The van der Waals surface area contributed by atoms with E-state index in [0.29, 0.717) is 16.7 Å². The molecule has 0 spiro atoms. The Morgan fingerprint density at radius 2 is 2.00 bits per heavy atom. The van der Waals surface area contributed by atoms with Gasteiger partial charge in [0.05, 0.1) is 11.3 Å². The van der Waals surface area contributed by atoms with Crippen molar-refractivity contribution in [1.82, 2.24) is 15.0 Å². The van der Waals surface area contributed by atoms with Crippen molar-refractivity contribution in [2.75, 3.05) is 10.6 Å². The molecule has 0 radical (unpaired) electrons. The van der Waals surface area contributed by atoms with Crippen molar-refractivity contribution in [2.45, 2.75) is 37.8 Å². The Kier molecular flexibility index (Phi) is 5.42. The molecule has 0 aliphatic heterocycles. The highest BCUT2D eigenvalue weighted by Crippen LogP contribution is 2.29. The highest BCUT2D eigenvalue weighted by Gasteiger charge is 2.25. The van der Waals surface area contributed by atoms with Gasteiger partial charge in [-0.05, 0) is 31.0 Å². The average molecular weight is 427 g/mol. The molecule has 1 aliphatic carbocycles. The van der Waals surface area contributed by atoms with Crippen LogP contribution >= 0.6 is 0 Å². The van der Waals surface area contributed by atoms with Gasteiger partial charge in [-0.15, -0.1) is 0 Å². The van der Waals surface area contributed by atoms with Crippen molar-refractivity contribution in [3.05, 3.63) is 41.5 Å². The van der Waals surface area contributed by atoms with Crippen LogP contribution in [0, 0.1) is 5.82 Å². The third-order valence-electron chi connectivity index (χ3n) is 5.40. The largest absolute Gasteiger partial charge is 0.477 e. The fourth-order valence-electron chi connectivity index (χ4n) is 3.77. The van der Waals surface area contributed by atoms with Gasteiger partial charge in [0.1, 0.15) is 17.2 Å². The lowest BCUT2D eigenvalue weighted by Crippen LogP contribution is -2.43. The Balaban J connectivity index is 1.72. The van der Waals surface area contributed by atoms with Crippen molar-refractivity contribution in [2.24, 2.45) is 11.5 Å². The van der Waals surface area contributed by atoms with Gasteiger partial charge in [0.25, 0.3) is 5.91 Å². The lowest BCUT2D eigenvalue weighted by atomic mass is 9.91. The second-order valence-corrected chi connectivity index (χ2v) is 7.51. The number of aromatic nitrogens is 3. The molecule has 0 saturated heterocycles. The summed E-state index contributed by atoms with van der Waals surface area (Å²) in [5.41, 5.74) is 12.1. The van der Waals surface area contributed by atoms with Crippen LogP contribution < -0.4 is 22.1 Å². The van der Waals surface area contributed by atoms with E-state index in [1.54, 1.807) is 6.07 Å². The number of anilines is 3. The predicted octanol–water partition coefficient (Wildman–Crippen LogP) is 2.32. The number of carboxylic acid groups (broad SMARTS) is 1. The molecule has 31 heavy (non-hydrogen) atoms. The molecule has 1 saturated carbocycles. The zero-order valence-electron chi connectivity index (χ0n) is 16.5. The molecule has 162 valence electrons. The number of halogens is 1. The lowest BCUT2D eigenvalue weighted by Gasteiger charge is -2.30. The molecule has 11 heteroatoms. The van der Waals surface area contributed by atoms with Gasteiger partial charge >= 0.3 is 5.97 Å². The van der Waals surface area contributed by atoms with Crippen LogP contribution in [0.3, 0.4) is 0 Å². The number of nitrogens with one attached hydrogen (secondary N) is 3. The van der Waals surface area contributed by atoms with E-state index in [9.17, 15) is 19.1 Å². The Hall–Kier alpha value is -3.73. The van der Waals surface area contributed by atoms with Gasteiger partial charge in [-0.2, -0.15) is 0 Å². The number of aromatic amines is 1. The number of primary amides is 1. The number of hydrogen-bond acceptors (Lipinski definition) is 7. The van der Waals surface area contributed by atoms with Gasteiger partial charge < -0.3 is 32.2 Å². The molecular weight excluding hydrogens is 405 g/mol. The summed E-state index contributed by atoms with van der Waals surface area (Å²) in [6.45, 7) is 0. The van der Waals surface area contributed by atoms with Crippen molar-refractivity contribution >= 4 is 40.2 Å². The molecule has 3 heterocycles. The first kappa shape index (κ1) is 20.5. The minimum atomic E-state index is -1.14. The monoisotopic (exact) mass is 427 g/mol. The second-order valence-electron chi connectivity index (χ2n) is 7.51. The van der Waals surface area contributed by atoms with Gasteiger partial charge in [0.15, 0.2) is 11.6 Å². The molecule has 1 unspecified atom stereocenters. The fraction of sp³-hybridized carbons (Fsp3) is 0.300. The molecule has 2 atom stereocenters. The summed E-state index contributed by atoms with van der Waals surface area (Å²) < 4.78 is 14.7. The van der Waals surface area contributed by atoms with Crippen molar-refractivity contribution in [3.8, 4) is 0 Å². The summed E-state index contributed by atoms with van der Waals surface area (Å²) in [5, 5.41) is 15.7. The number of carbonyl (C=O) groups is 2. The molecule has 1 aliphatic rings. The van der Waals surface area contributed by atoms with Crippen LogP contribution in [0.25, 0.3) is 11.0 Å². The number of nitrogens with zero attached hydrogens (tertiary/aromatic N) is 2. The number of nitrogens with two attached hydrogens (primary N) is 2. The van der Waals surface area contributed by atoms with Gasteiger partial charge in [-0.1, -0.05) is 12.8 Å². The molecule has 8 N–H and O–H groups in total. The van der Waals surface area contributed by atoms with E-state index >= 15 is 0 Å². The minimum absolute atomic E-state index is 0.0337. The number of fused-ring (bicyclic) bond motifs is 1. The number of amides is 1. The summed E-state index contributed by atoms with van der Waals surface area (Å²) in [7, 11) is 0. The van der Waals surface area contributed by atoms with E-state index in [2.05, 4.69) is 25.6 Å². The number of carbonyl (C=O) groups excluding carboxylic acids is 1. The topological polar surface area (TPSA) is 172 Å². The van der Waals surface area contributed by atoms with E-state index in [-0.39, 0.29) is 35.0 Å².